The number of carbonyl (C=O) groups excluding carboxylic acids is 1. The minimum atomic E-state index is -0.200. The van der Waals surface area contributed by atoms with Crippen LogP contribution in [0.15, 0.2) is 4.99 Å². The fourth-order valence-electron chi connectivity index (χ4n) is 4.19. The lowest BCUT2D eigenvalue weighted by Crippen LogP contribution is -2.55. The van der Waals surface area contributed by atoms with Crippen molar-refractivity contribution in [2.24, 2.45) is 10.9 Å². The average molecular weight is 366 g/mol. The van der Waals surface area contributed by atoms with Gasteiger partial charge in [0.2, 0.25) is 0 Å². The van der Waals surface area contributed by atoms with Gasteiger partial charge in [-0.1, -0.05) is 0 Å². The zero-order valence-corrected chi connectivity index (χ0v) is 16.5. The SMILES string of the molecule is CN=C(NCCC1CCN(C)CC1)N1CCN(C(=O)C2CCCO2)CC1. The monoisotopic (exact) mass is 365 g/mol. The molecule has 3 aliphatic rings. The molecule has 148 valence electrons. The lowest BCUT2D eigenvalue weighted by molar-refractivity contribution is -0.142. The van der Waals surface area contributed by atoms with Crippen LogP contribution in [0, 0.1) is 5.92 Å². The topological polar surface area (TPSA) is 60.4 Å². The Bertz CT molecular complexity index is 476. The molecule has 0 aromatic carbocycles. The Morgan fingerprint density at radius 2 is 1.77 bits per heavy atom. The first-order valence-electron chi connectivity index (χ1n) is 10.2. The van der Waals surface area contributed by atoms with Crippen molar-refractivity contribution >= 4 is 11.9 Å². The Morgan fingerprint density at radius 1 is 1.08 bits per heavy atom. The molecule has 1 amide bonds. The number of piperazine rings is 1. The third-order valence-corrected chi connectivity index (χ3v) is 5.98. The van der Waals surface area contributed by atoms with E-state index in [0.29, 0.717) is 0 Å². The van der Waals surface area contributed by atoms with E-state index in [1.165, 1.54) is 32.4 Å². The van der Waals surface area contributed by atoms with Crippen LogP contribution in [0.4, 0.5) is 0 Å². The number of rotatable bonds is 4. The molecule has 0 aromatic rings. The summed E-state index contributed by atoms with van der Waals surface area (Å²) in [5.74, 6) is 1.98. The van der Waals surface area contributed by atoms with Crippen LogP contribution in [-0.4, -0.2) is 99.2 Å². The van der Waals surface area contributed by atoms with Crippen LogP contribution in [0.2, 0.25) is 0 Å². The van der Waals surface area contributed by atoms with Crippen molar-refractivity contribution in [1.29, 1.82) is 0 Å². The fourth-order valence-corrected chi connectivity index (χ4v) is 4.19. The molecule has 7 nitrogen and oxygen atoms in total. The van der Waals surface area contributed by atoms with Crippen LogP contribution in [0.25, 0.3) is 0 Å². The number of hydrogen-bond acceptors (Lipinski definition) is 4. The number of guanidine groups is 1. The zero-order chi connectivity index (χ0) is 18.4. The first-order valence-corrected chi connectivity index (χ1v) is 10.2. The van der Waals surface area contributed by atoms with Crippen LogP contribution < -0.4 is 5.32 Å². The molecule has 0 aliphatic carbocycles. The Morgan fingerprint density at radius 3 is 2.38 bits per heavy atom. The minimum Gasteiger partial charge on any atom is -0.368 e. The van der Waals surface area contributed by atoms with Crippen LogP contribution >= 0.6 is 0 Å². The van der Waals surface area contributed by atoms with Gasteiger partial charge in [0.15, 0.2) is 5.96 Å². The summed E-state index contributed by atoms with van der Waals surface area (Å²) in [6, 6.07) is 0. The van der Waals surface area contributed by atoms with Gasteiger partial charge in [0, 0.05) is 46.4 Å². The number of carbonyl (C=O) groups is 1. The standard InChI is InChI=1S/C19H35N5O2/c1-20-19(21-8-5-16-6-9-22(2)10-7-16)24-13-11-23(12-14-24)18(25)17-4-3-15-26-17/h16-17H,3-15H2,1-2H3,(H,20,21). The Kier molecular flexibility index (Phi) is 7.14. The van der Waals surface area contributed by atoms with Gasteiger partial charge in [-0.15, -0.1) is 0 Å². The molecule has 1 N–H and O–H groups in total. The summed E-state index contributed by atoms with van der Waals surface area (Å²) in [5.41, 5.74) is 0. The highest BCUT2D eigenvalue weighted by Crippen LogP contribution is 2.19. The van der Waals surface area contributed by atoms with Gasteiger partial charge in [-0.3, -0.25) is 9.79 Å². The van der Waals surface area contributed by atoms with Gasteiger partial charge >= 0.3 is 0 Å². The number of aliphatic imine (C=N–C) groups is 1. The van der Waals surface area contributed by atoms with Crippen molar-refractivity contribution < 1.29 is 9.53 Å². The Labute approximate surface area is 157 Å². The van der Waals surface area contributed by atoms with Crippen molar-refractivity contribution in [3.63, 3.8) is 0 Å². The number of likely N-dealkylation sites (tertiary alicyclic amines) is 1. The van der Waals surface area contributed by atoms with E-state index >= 15 is 0 Å². The van der Waals surface area contributed by atoms with Crippen LogP contribution in [-0.2, 0) is 9.53 Å². The van der Waals surface area contributed by atoms with Gasteiger partial charge in [-0.25, -0.2) is 0 Å². The van der Waals surface area contributed by atoms with E-state index in [2.05, 4.69) is 27.2 Å². The third kappa shape index (κ3) is 5.10. The summed E-state index contributed by atoms with van der Waals surface area (Å²) in [6.45, 7) is 7.35. The first-order chi connectivity index (χ1) is 12.7. The molecule has 1 unspecified atom stereocenters. The fraction of sp³-hybridized carbons (Fsp3) is 0.895. The Hall–Kier alpha value is -1.34. The minimum absolute atomic E-state index is 0.173. The largest absolute Gasteiger partial charge is 0.368 e. The summed E-state index contributed by atoms with van der Waals surface area (Å²) in [6.07, 6.45) is 5.50. The molecule has 0 aromatic heterocycles. The molecular weight excluding hydrogens is 330 g/mol. The number of hydrogen-bond donors (Lipinski definition) is 1. The molecule has 7 heteroatoms. The molecule has 3 rings (SSSR count). The first kappa shape index (κ1) is 19.4. The van der Waals surface area contributed by atoms with E-state index in [-0.39, 0.29) is 12.0 Å². The van der Waals surface area contributed by atoms with Crippen molar-refractivity contribution in [1.82, 2.24) is 20.0 Å². The molecular formula is C19H35N5O2. The van der Waals surface area contributed by atoms with E-state index in [9.17, 15) is 4.79 Å². The second kappa shape index (κ2) is 9.55. The lowest BCUT2D eigenvalue weighted by atomic mass is 9.94. The number of ether oxygens (including phenoxy) is 1. The normalized spacial score (nSPS) is 26.4. The molecule has 3 aliphatic heterocycles. The maximum Gasteiger partial charge on any atom is 0.251 e. The maximum absolute atomic E-state index is 12.4. The number of nitrogens with one attached hydrogen (secondary N) is 1. The molecule has 3 saturated heterocycles. The van der Waals surface area contributed by atoms with E-state index in [0.717, 1.165) is 64.0 Å². The third-order valence-electron chi connectivity index (χ3n) is 5.98. The van der Waals surface area contributed by atoms with Gasteiger partial charge in [-0.2, -0.15) is 0 Å². The highest BCUT2D eigenvalue weighted by atomic mass is 16.5. The summed E-state index contributed by atoms with van der Waals surface area (Å²) < 4.78 is 5.54. The Balaban J connectivity index is 1.37. The summed E-state index contributed by atoms with van der Waals surface area (Å²) >= 11 is 0. The van der Waals surface area contributed by atoms with E-state index in [4.69, 9.17) is 4.74 Å². The maximum atomic E-state index is 12.4. The lowest BCUT2D eigenvalue weighted by Gasteiger charge is -2.37. The van der Waals surface area contributed by atoms with Crippen molar-refractivity contribution in [3.8, 4) is 0 Å². The van der Waals surface area contributed by atoms with Crippen molar-refractivity contribution in [2.75, 3.05) is 66.5 Å². The predicted molar refractivity (Wildman–Crippen MR) is 103 cm³/mol. The number of piperidine rings is 1. The highest BCUT2D eigenvalue weighted by molar-refractivity contribution is 5.82. The average Bonchev–Trinajstić information content (AvgIpc) is 3.21. The highest BCUT2D eigenvalue weighted by Gasteiger charge is 2.30. The van der Waals surface area contributed by atoms with Gasteiger partial charge in [0.1, 0.15) is 6.10 Å². The second-order valence-corrected chi connectivity index (χ2v) is 7.82. The predicted octanol–water partition coefficient (Wildman–Crippen LogP) is 0.617. The van der Waals surface area contributed by atoms with Gasteiger partial charge in [0.25, 0.3) is 5.91 Å². The molecule has 1 atom stereocenters. The molecule has 0 saturated carbocycles. The molecule has 0 radical (unpaired) electrons. The van der Waals surface area contributed by atoms with E-state index in [1.807, 2.05) is 11.9 Å². The molecule has 0 bridgehead atoms. The van der Waals surface area contributed by atoms with Crippen LogP contribution in [0.1, 0.15) is 32.1 Å². The molecule has 3 heterocycles. The van der Waals surface area contributed by atoms with Gasteiger partial charge in [-0.05, 0) is 58.2 Å². The second-order valence-electron chi connectivity index (χ2n) is 7.82. The van der Waals surface area contributed by atoms with Crippen LogP contribution in [0.3, 0.4) is 0 Å². The summed E-state index contributed by atoms with van der Waals surface area (Å²) in [5, 5.41) is 3.53. The zero-order valence-electron chi connectivity index (χ0n) is 16.5. The van der Waals surface area contributed by atoms with Crippen LogP contribution in [0.5, 0.6) is 0 Å². The van der Waals surface area contributed by atoms with E-state index < -0.39 is 0 Å². The summed E-state index contributed by atoms with van der Waals surface area (Å²) in [4.78, 5) is 23.5. The molecule has 26 heavy (non-hydrogen) atoms. The van der Waals surface area contributed by atoms with Gasteiger partial charge in [0.05, 0.1) is 0 Å². The smallest absolute Gasteiger partial charge is 0.251 e. The van der Waals surface area contributed by atoms with Crippen molar-refractivity contribution in [3.05, 3.63) is 0 Å². The summed E-state index contributed by atoms with van der Waals surface area (Å²) in [7, 11) is 4.06. The quantitative estimate of drug-likeness (QED) is 0.585. The van der Waals surface area contributed by atoms with Crippen molar-refractivity contribution in [2.45, 2.75) is 38.2 Å². The molecule has 3 fully saturated rings. The van der Waals surface area contributed by atoms with E-state index in [1.54, 1.807) is 0 Å². The molecule has 0 spiro atoms. The number of nitrogens with zero attached hydrogens (tertiary/aromatic N) is 4. The number of amides is 1. The van der Waals surface area contributed by atoms with Gasteiger partial charge < -0.3 is 24.8 Å².